The maximum Gasteiger partial charge on any atom is 0.191 e. The average Bonchev–Trinajstić information content (AvgIpc) is 2.92. The number of guanidine groups is 1. The van der Waals surface area contributed by atoms with E-state index in [1.807, 2.05) is 18.5 Å². The fourth-order valence-corrected chi connectivity index (χ4v) is 2.70. The number of aliphatic imine (C=N–C) groups is 1. The predicted octanol–water partition coefficient (Wildman–Crippen LogP) is 0.291. The van der Waals surface area contributed by atoms with Gasteiger partial charge in [-0.05, 0) is 32.9 Å². The monoisotopic (exact) mass is 337 g/mol. The van der Waals surface area contributed by atoms with Crippen LogP contribution in [-0.2, 0) is 18.3 Å². The summed E-state index contributed by atoms with van der Waals surface area (Å²) >= 11 is 0. The molecule has 8 nitrogen and oxygen atoms in total. The minimum absolute atomic E-state index is 0.503. The number of aromatic nitrogens is 3. The molecule has 2 heterocycles. The second kappa shape index (κ2) is 10.2. The molecular formula is C16H31N7O. The van der Waals surface area contributed by atoms with Crippen LogP contribution in [0.5, 0.6) is 0 Å². The van der Waals surface area contributed by atoms with E-state index in [-0.39, 0.29) is 0 Å². The van der Waals surface area contributed by atoms with Crippen LogP contribution in [0.15, 0.2) is 4.99 Å². The van der Waals surface area contributed by atoms with Gasteiger partial charge in [0.1, 0.15) is 12.4 Å². The van der Waals surface area contributed by atoms with Crippen molar-refractivity contribution in [1.29, 1.82) is 0 Å². The Morgan fingerprint density at radius 1 is 1.17 bits per heavy atom. The first-order valence-corrected chi connectivity index (χ1v) is 8.79. The van der Waals surface area contributed by atoms with Crippen LogP contribution in [0.2, 0.25) is 0 Å². The highest BCUT2D eigenvalue weighted by atomic mass is 16.5. The van der Waals surface area contributed by atoms with Gasteiger partial charge in [-0.25, -0.2) is 4.99 Å². The Balaban J connectivity index is 1.83. The molecule has 1 aromatic heterocycles. The van der Waals surface area contributed by atoms with Crippen LogP contribution in [0, 0.1) is 6.92 Å². The number of hydrogen-bond donors (Lipinski definition) is 2. The van der Waals surface area contributed by atoms with Gasteiger partial charge >= 0.3 is 0 Å². The van der Waals surface area contributed by atoms with Crippen molar-refractivity contribution in [3.05, 3.63) is 11.6 Å². The average molecular weight is 337 g/mol. The lowest BCUT2D eigenvalue weighted by atomic mass is 10.1. The highest BCUT2D eigenvalue weighted by molar-refractivity contribution is 5.79. The summed E-state index contributed by atoms with van der Waals surface area (Å²) in [5, 5.41) is 14.9. The van der Waals surface area contributed by atoms with Crippen molar-refractivity contribution in [3.8, 4) is 0 Å². The van der Waals surface area contributed by atoms with Crippen LogP contribution in [0.1, 0.15) is 30.9 Å². The Bertz CT molecular complexity index is 509. The Labute approximate surface area is 144 Å². The summed E-state index contributed by atoms with van der Waals surface area (Å²) in [4.78, 5) is 7.13. The lowest BCUT2D eigenvalue weighted by Gasteiger charge is -2.26. The molecule has 0 aromatic carbocycles. The van der Waals surface area contributed by atoms with Gasteiger partial charge in [0, 0.05) is 33.8 Å². The molecule has 0 unspecified atom stereocenters. The molecule has 1 aliphatic rings. The molecule has 0 radical (unpaired) electrons. The predicted molar refractivity (Wildman–Crippen MR) is 95.1 cm³/mol. The molecular weight excluding hydrogens is 306 g/mol. The van der Waals surface area contributed by atoms with Gasteiger partial charge in [0.15, 0.2) is 11.8 Å². The minimum Gasteiger partial charge on any atom is -0.383 e. The summed E-state index contributed by atoms with van der Waals surface area (Å²) in [6, 6.07) is 0. The van der Waals surface area contributed by atoms with Crippen molar-refractivity contribution in [2.75, 3.05) is 46.4 Å². The zero-order chi connectivity index (χ0) is 17.2. The van der Waals surface area contributed by atoms with Crippen LogP contribution < -0.4 is 10.6 Å². The molecule has 0 aliphatic carbocycles. The van der Waals surface area contributed by atoms with Crippen LogP contribution >= 0.6 is 0 Å². The molecule has 0 atom stereocenters. The highest BCUT2D eigenvalue weighted by Gasteiger charge is 2.10. The number of methoxy groups -OCH3 is 1. The number of rotatable bonds is 8. The Morgan fingerprint density at radius 2 is 1.92 bits per heavy atom. The summed E-state index contributed by atoms with van der Waals surface area (Å²) in [6.45, 7) is 8.18. The first-order valence-electron chi connectivity index (χ1n) is 8.79. The van der Waals surface area contributed by atoms with Gasteiger partial charge in [-0.1, -0.05) is 6.42 Å². The third-order valence-electron chi connectivity index (χ3n) is 4.33. The molecule has 1 saturated heterocycles. The van der Waals surface area contributed by atoms with E-state index in [0.29, 0.717) is 13.2 Å². The van der Waals surface area contributed by atoms with Gasteiger partial charge in [0.05, 0.1) is 6.61 Å². The van der Waals surface area contributed by atoms with Crippen molar-refractivity contribution < 1.29 is 4.74 Å². The Kier molecular flexibility index (Phi) is 7.97. The van der Waals surface area contributed by atoms with Gasteiger partial charge in [-0.3, -0.25) is 0 Å². The third kappa shape index (κ3) is 6.09. The number of nitrogens with one attached hydrogen (secondary N) is 2. The summed E-state index contributed by atoms with van der Waals surface area (Å²) in [5.41, 5.74) is 0. The standard InChI is InChI=1S/C16H31N7O/c1-14-20-21-15(22(14)2)13-19-16(18-8-12-24-3)17-7-11-23-9-5-4-6-10-23/h4-13H2,1-3H3,(H2,17,18,19). The third-order valence-corrected chi connectivity index (χ3v) is 4.33. The lowest BCUT2D eigenvalue weighted by molar-refractivity contribution is 0.203. The topological polar surface area (TPSA) is 79.6 Å². The van der Waals surface area contributed by atoms with E-state index in [1.165, 1.54) is 32.4 Å². The van der Waals surface area contributed by atoms with E-state index < -0.39 is 0 Å². The van der Waals surface area contributed by atoms with Crippen LogP contribution in [-0.4, -0.2) is 72.1 Å². The quantitative estimate of drug-likeness (QED) is 0.403. The van der Waals surface area contributed by atoms with Crippen molar-refractivity contribution >= 4 is 5.96 Å². The lowest BCUT2D eigenvalue weighted by Crippen LogP contribution is -2.43. The molecule has 0 amide bonds. The maximum absolute atomic E-state index is 5.10. The normalized spacial score (nSPS) is 16.4. The van der Waals surface area contributed by atoms with Crippen LogP contribution in [0.3, 0.4) is 0 Å². The van der Waals surface area contributed by atoms with Gasteiger partial charge in [-0.2, -0.15) is 0 Å². The van der Waals surface area contributed by atoms with Gasteiger partial charge in [0.25, 0.3) is 0 Å². The highest BCUT2D eigenvalue weighted by Crippen LogP contribution is 2.07. The smallest absolute Gasteiger partial charge is 0.191 e. The summed E-state index contributed by atoms with van der Waals surface area (Å²) < 4.78 is 7.06. The van der Waals surface area contributed by atoms with E-state index >= 15 is 0 Å². The van der Waals surface area contributed by atoms with Crippen molar-refractivity contribution in [2.45, 2.75) is 32.7 Å². The molecule has 1 aromatic rings. The first kappa shape index (κ1) is 18.7. The van der Waals surface area contributed by atoms with Crippen molar-refractivity contribution in [1.82, 2.24) is 30.3 Å². The second-order valence-electron chi connectivity index (χ2n) is 6.14. The number of likely N-dealkylation sites (tertiary alicyclic amines) is 1. The number of nitrogens with zero attached hydrogens (tertiary/aromatic N) is 5. The molecule has 0 saturated carbocycles. The van der Waals surface area contributed by atoms with Crippen molar-refractivity contribution in [3.63, 3.8) is 0 Å². The molecule has 24 heavy (non-hydrogen) atoms. The maximum atomic E-state index is 5.10. The number of hydrogen-bond acceptors (Lipinski definition) is 5. The summed E-state index contributed by atoms with van der Waals surface area (Å²) in [5.74, 6) is 2.55. The molecule has 1 aliphatic heterocycles. The fourth-order valence-electron chi connectivity index (χ4n) is 2.70. The Morgan fingerprint density at radius 3 is 2.58 bits per heavy atom. The molecule has 2 rings (SSSR count). The minimum atomic E-state index is 0.503. The second-order valence-corrected chi connectivity index (χ2v) is 6.14. The van der Waals surface area contributed by atoms with Crippen LogP contribution in [0.25, 0.3) is 0 Å². The zero-order valence-electron chi connectivity index (χ0n) is 15.2. The molecule has 136 valence electrons. The molecule has 0 bridgehead atoms. The molecule has 0 spiro atoms. The first-order chi connectivity index (χ1) is 11.7. The molecule has 8 heteroatoms. The number of aryl methyl sites for hydroxylation is 1. The van der Waals surface area contributed by atoms with Gasteiger partial charge in [-0.15, -0.1) is 10.2 Å². The summed E-state index contributed by atoms with van der Waals surface area (Å²) in [7, 11) is 3.66. The molecule has 2 N–H and O–H groups in total. The number of piperidine rings is 1. The van der Waals surface area contributed by atoms with E-state index in [1.54, 1.807) is 7.11 Å². The Hall–Kier alpha value is -1.67. The summed E-state index contributed by atoms with van der Waals surface area (Å²) in [6.07, 6.45) is 4.00. The fraction of sp³-hybridized carbons (Fsp3) is 0.812. The van der Waals surface area contributed by atoms with Gasteiger partial charge < -0.3 is 24.8 Å². The van der Waals surface area contributed by atoms with Gasteiger partial charge in [0.2, 0.25) is 0 Å². The van der Waals surface area contributed by atoms with Crippen molar-refractivity contribution in [2.24, 2.45) is 12.0 Å². The largest absolute Gasteiger partial charge is 0.383 e. The number of ether oxygens (including phenoxy) is 1. The van der Waals surface area contributed by atoms with E-state index in [0.717, 1.165) is 37.2 Å². The zero-order valence-corrected chi connectivity index (χ0v) is 15.2. The SMILES string of the molecule is COCCNC(=NCc1nnc(C)n1C)NCCN1CCCCC1. The van der Waals surface area contributed by atoms with E-state index in [9.17, 15) is 0 Å². The molecule has 1 fully saturated rings. The van der Waals surface area contributed by atoms with E-state index in [2.05, 4.69) is 30.7 Å². The van der Waals surface area contributed by atoms with E-state index in [4.69, 9.17) is 4.74 Å². The van der Waals surface area contributed by atoms with Crippen LogP contribution in [0.4, 0.5) is 0 Å².